The smallest absolute Gasteiger partial charge is 0.267 e. The van der Waals surface area contributed by atoms with Crippen LogP contribution in [0.4, 0.5) is 0 Å². The Morgan fingerprint density at radius 3 is 3.15 bits per heavy atom. The molecule has 0 saturated heterocycles. The summed E-state index contributed by atoms with van der Waals surface area (Å²) in [5.41, 5.74) is 0.573. The van der Waals surface area contributed by atoms with E-state index >= 15 is 0 Å². The molecule has 1 amide bonds. The third kappa shape index (κ3) is 1.72. The van der Waals surface area contributed by atoms with Crippen LogP contribution in [0.15, 0.2) is 18.3 Å². The first kappa shape index (κ1) is 8.31. The first-order valence-electron chi connectivity index (χ1n) is 4.36. The number of carbonyl (C=O) groups excluding carboxylic acids is 1. The third-order valence-corrected chi connectivity index (χ3v) is 2.32. The van der Waals surface area contributed by atoms with Gasteiger partial charge in [0.2, 0.25) is 0 Å². The maximum Gasteiger partial charge on any atom is 0.267 e. The molecule has 13 heavy (non-hydrogen) atoms. The summed E-state index contributed by atoms with van der Waals surface area (Å²) in [6, 6.07) is 3.68. The number of aromatic nitrogens is 1. The van der Waals surface area contributed by atoms with Crippen LogP contribution in [0.3, 0.4) is 0 Å². The van der Waals surface area contributed by atoms with E-state index in [1.807, 2.05) is 0 Å². The maximum absolute atomic E-state index is 11.4. The highest BCUT2D eigenvalue weighted by atomic mass is 16.3. The summed E-state index contributed by atoms with van der Waals surface area (Å²) >= 11 is 0. The average Bonchev–Trinajstić information content (AvgIpc) is 2.68. The van der Waals surface area contributed by atoms with Crippen molar-refractivity contribution in [3.8, 4) is 0 Å². The number of rotatable bonds is 3. The fourth-order valence-corrected chi connectivity index (χ4v) is 1.34. The molecule has 2 unspecified atom stereocenters. The number of carbonyl (C=O) groups is 1. The summed E-state index contributed by atoms with van der Waals surface area (Å²) in [4.78, 5) is 14.2. The fraction of sp³-hybridized carbons (Fsp3) is 0.444. The van der Waals surface area contributed by atoms with Gasteiger partial charge in [-0.2, -0.15) is 0 Å². The number of amides is 1. The highest BCUT2D eigenvalue weighted by Gasteiger charge is 2.37. The normalized spacial score (nSPS) is 25.6. The highest BCUT2D eigenvalue weighted by molar-refractivity contribution is 5.92. The topological polar surface area (TPSA) is 65.1 Å². The first-order chi connectivity index (χ1) is 6.31. The summed E-state index contributed by atoms with van der Waals surface area (Å²) < 4.78 is 0. The molecule has 4 nitrogen and oxygen atoms in total. The van der Waals surface area contributed by atoms with Gasteiger partial charge in [-0.15, -0.1) is 0 Å². The molecule has 1 saturated carbocycles. The summed E-state index contributed by atoms with van der Waals surface area (Å²) in [6.45, 7) is 0.162. The second kappa shape index (κ2) is 3.22. The van der Waals surface area contributed by atoms with Crippen LogP contribution in [-0.2, 0) is 0 Å². The molecule has 2 rings (SSSR count). The van der Waals surface area contributed by atoms with Crippen molar-refractivity contribution >= 4 is 5.91 Å². The zero-order valence-corrected chi connectivity index (χ0v) is 7.16. The van der Waals surface area contributed by atoms with Crippen molar-refractivity contribution in [2.75, 3.05) is 6.61 Å². The van der Waals surface area contributed by atoms with Crippen molar-refractivity contribution < 1.29 is 9.90 Å². The monoisotopic (exact) mass is 180 g/mol. The van der Waals surface area contributed by atoms with E-state index in [2.05, 4.69) is 10.3 Å². The van der Waals surface area contributed by atoms with Crippen LogP contribution in [0.2, 0.25) is 0 Å². The van der Waals surface area contributed by atoms with E-state index in [-0.39, 0.29) is 24.5 Å². The van der Waals surface area contributed by atoms with E-state index in [1.165, 1.54) is 0 Å². The Labute approximate surface area is 76.0 Å². The van der Waals surface area contributed by atoms with E-state index < -0.39 is 0 Å². The number of aromatic amines is 1. The van der Waals surface area contributed by atoms with E-state index in [4.69, 9.17) is 5.11 Å². The molecule has 0 aliphatic heterocycles. The lowest BCUT2D eigenvalue weighted by molar-refractivity contribution is 0.0943. The van der Waals surface area contributed by atoms with Crippen molar-refractivity contribution in [1.82, 2.24) is 10.3 Å². The average molecular weight is 180 g/mol. The minimum atomic E-state index is -0.0917. The molecular formula is C9H12N2O2. The molecule has 4 heteroatoms. The lowest BCUT2D eigenvalue weighted by Gasteiger charge is -2.00. The predicted molar refractivity (Wildman–Crippen MR) is 47.2 cm³/mol. The lowest BCUT2D eigenvalue weighted by atomic mass is 10.4. The number of hydrogen-bond donors (Lipinski definition) is 3. The molecule has 1 aliphatic carbocycles. The van der Waals surface area contributed by atoms with Gasteiger partial charge in [0.15, 0.2) is 0 Å². The van der Waals surface area contributed by atoms with Crippen LogP contribution < -0.4 is 5.32 Å². The Morgan fingerprint density at radius 2 is 2.62 bits per heavy atom. The van der Waals surface area contributed by atoms with Gasteiger partial charge < -0.3 is 15.4 Å². The van der Waals surface area contributed by atoms with Crippen LogP contribution in [0.5, 0.6) is 0 Å². The minimum absolute atomic E-state index is 0.0917. The number of H-pyrrole nitrogens is 1. The van der Waals surface area contributed by atoms with Crippen LogP contribution in [0.1, 0.15) is 16.9 Å². The van der Waals surface area contributed by atoms with Gasteiger partial charge in [-0.3, -0.25) is 4.79 Å². The van der Waals surface area contributed by atoms with Gasteiger partial charge in [-0.05, 0) is 18.6 Å². The van der Waals surface area contributed by atoms with Crippen LogP contribution in [0, 0.1) is 5.92 Å². The molecular weight excluding hydrogens is 168 g/mol. The molecule has 70 valence electrons. The number of aliphatic hydroxyl groups is 1. The highest BCUT2D eigenvalue weighted by Crippen LogP contribution is 2.29. The molecule has 1 fully saturated rings. The van der Waals surface area contributed by atoms with Gasteiger partial charge in [0.25, 0.3) is 5.91 Å². The molecule has 0 radical (unpaired) electrons. The van der Waals surface area contributed by atoms with Gasteiger partial charge in [0.1, 0.15) is 5.69 Å². The Hall–Kier alpha value is -1.29. The van der Waals surface area contributed by atoms with Crippen molar-refractivity contribution in [3.63, 3.8) is 0 Å². The third-order valence-electron chi connectivity index (χ3n) is 2.32. The van der Waals surface area contributed by atoms with Crippen LogP contribution in [-0.4, -0.2) is 28.6 Å². The Morgan fingerprint density at radius 1 is 1.77 bits per heavy atom. The summed E-state index contributed by atoms with van der Waals surface area (Å²) in [7, 11) is 0. The molecule has 0 spiro atoms. The minimum Gasteiger partial charge on any atom is -0.396 e. The van der Waals surface area contributed by atoms with E-state index in [0.29, 0.717) is 5.69 Å². The van der Waals surface area contributed by atoms with Gasteiger partial charge in [0, 0.05) is 24.8 Å². The fourth-order valence-electron chi connectivity index (χ4n) is 1.34. The molecule has 0 aromatic carbocycles. The zero-order valence-electron chi connectivity index (χ0n) is 7.16. The van der Waals surface area contributed by atoms with Crippen molar-refractivity contribution in [3.05, 3.63) is 24.0 Å². The first-order valence-corrected chi connectivity index (χ1v) is 4.36. The summed E-state index contributed by atoms with van der Waals surface area (Å²) in [6.07, 6.45) is 2.61. The standard InChI is InChI=1S/C9H12N2O2/c12-5-6-4-8(6)11-9(13)7-2-1-3-10-7/h1-3,6,8,10,12H,4-5H2,(H,11,13). The molecule has 1 heterocycles. The SMILES string of the molecule is O=C(NC1CC1CO)c1ccc[nH]1. The zero-order chi connectivity index (χ0) is 9.26. The van der Waals surface area contributed by atoms with E-state index in [0.717, 1.165) is 6.42 Å². The van der Waals surface area contributed by atoms with Gasteiger partial charge in [0.05, 0.1) is 0 Å². The van der Waals surface area contributed by atoms with Gasteiger partial charge in [-0.1, -0.05) is 0 Å². The number of aliphatic hydroxyl groups excluding tert-OH is 1. The second-order valence-electron chi connectivity index (χ2n) is 3.34. The Kier molecular flexibility index (Phi) is 2.06. The molecule has 3 N–H and O–H groups in total. The molecule has 1 aromatic rings. The van der Waals surface area contributed by atoms with E-state index in [9.17, 15) is 4.79 Å². The Balaban J connectivity index is 1.87. The van der Waals surface area contributed by atoms with E-state index in [1.54, 1.807) is 18.3 Å². The van der Waals surface area contributed by atoms with Crippen molar-refractivity contribution in [2.45, 2.75) is 12.5 Å². The van der Waals surface area contributed by atoms with Gasteiger partial charge >= 0.3 is 0 Å². The maximum atomic E-state index is 11.4. The molecule has 2 atom stereocenters. The Bertz CT molecular complexity index is 295. The van der Waals surface area contributed by atoms with Crippen molar-refractivity contribution in [1.29, 1.82) is 0 Å². The molecule has 1 aromatic heterocycles. The summed E-state index contributed by atoms with van der Waals surface area (Å²) in [5, 5.41) is 11.6. The van der Waals surface area contributed by atoms with Crippen LogP contribution >= 0.6 is 0 Å². The lowest BCUT2D eigenvalue weighted by Crippen LogP contribution is -2.27. The number of hydrogen-bond acceptors (Lipinski definition) is 2. The molecule has 1 aliphatic rings. The predicted octanol–water partition coefficient (Wildman–Crippen LogP) is 0.125. The molecule has 0 bridgehead atoms. The largest absolute Gasteiger partial charge is 0.396 e. The number of nitrogens with one attached hydrogen (secondary N) is 2. The van der Waals surface area contributed by atoms with Crippen LogP contribution in [0.25, 0.3) is 0 Å². The summed E-state index contributed by atoms with van der Waals surface area (Å²) in [5.74, 6) is 0.171. The van der Waals surface area contributed by atoms with Gasteiger partial charge in [-0.25, -0.2) is 0 Å². The quantitative estimate of drug-likeness (QED) is 0.618. The second-order valence-corrected chi connectivity index (χ2v) is 3.34. The van der Waals surface area contributed by atoms with Crippen molar-refractivity contribution in [2.24, 2.45) is 5.92 Å².